The van der Waals surface area contributed by atoms with Gasteiger partial charge < -0.3 is 31.7 Å². The van der Waals surface area contributed by atoms with Gasteiger partial charge in [0.15, 0.2) is 11.9 Å². The van der Waals surface area contributed by atoms with Gasteiger partial charge in [-0.15, -0.1) is 0 Å². The van der Waals surface area contributed by atoms with Crippen molar-refractivity contribution in [2.75, 3.05) is 38.1 Å². The molecule has 1 fully saturated rings. The van der Waals surface area contributed by atoms with Gasteiger partial charge in [0.05, 0.1) is 6.61 Å². The number of nitrogens with one attached hydrogen (secondary N) is 4. The predicted octanol–water partition coefficient (Wildman–Crippen LogP) is 2.52. The summed E-state index contributed by atoms with van der Waals surface area (Å²) < 4.78 is 5.87. The normalized spacial score (nSPS) is 15.0. The maximum Gasteiger partial charge on any atom is 0.190 e. The zero-order chi connectivity index (χ0) is 20.9. The van der Waals surface area contributed by atoms with Crippen LogP contribution < -0.4 is 26.8 Å². The molecule has 1 aliphatic heterocycles. The van der Waals surface area contributed by atoms with Crippen LogP contribution in [0.25, 0.3) is 0 Å². The molecule has 0 amide bonds. The van der Waals surface area contributed by atoms with Gasteiger partial charge in [0.25, 0.3) is 0 Å². The molecule has 0 bridgehead atoms. The van der Waals surface area contributed by atoms with E-state index in [1.165, 1.54) is 51.7 Å². The van der Waals surface area contributed by atoms with Crippen molar-refractivity contribution in [3.63, 3.8) is 0 Å². The second-order valence-electron chi connectivity index (χ2n) is 7.74. The minimum atomic E-state index is -0.0630. The number of ether oxygens (including phenoxy) is 1. The summed E-state index contributed by atoms with van der Waals surface area (Å²) >= 11 is 0. The quantitative estimate of drug-likeness (QED) is 0.180. The number of hydrogen-bond donors (Lipinski definition) is 6. The van der Waals surface area contributed by atoms with Gasteiger partial charge in [-0.2, -0.15) is 0 Å². The molecule has 1 heterocycles. The first-order valence-electron chi connectivity index (χ1n) is 10.7. The number of rotatable bonds is 12. The third-order valence-corrected chi connectivity index (χ3v) is 5.35. The van der Waals surface area contributed by atoms with Gasteiger partial charge >= 0.3 is 0 Å². The van der Waals surface area contributed by atoms with Crippen LogP contribution in [0.4, 0.5) is 5.69 Å². The number of hydrogen-bond acceptors (Lipinski definition) is 4. The highest BCUT2D eigenvalue weighted by Crippen LogP contribution is 2.22. The van der Waals surface area contributed by atoms with Crippen LogP contribution in [0.2, 0.25) is 0 Å². The van der Waals surface area contributed by atoms with Gasteiger partial charge in [0, 0.05) is 12.2 Å². The minimum Gasteiger partial charge on any atom is -0.494 e. The number of unbranched alkanes of at least 4 members (excludes halogenated alkanes) is 3. The van der Waals surface area contributed by atoms with Gasteiger partial charge in [-0.25, -0.2) is 0 Å². The molecule has 162 valence electrons. The Kier molecular flexibility index (Phi) is 10.1. The lowest BCUT2D eigenvalue weighted by Gasteiger charge is -2.32. The average Bonchev–Trinajstić information content (AvgIpc) is 2.69. The van der Waals surface area contributed by atoms with Crippen molar-refractivity contribution in [2.45, 2.75) is 44.9 Å². The SMILES string of the molecule is N=C(N)NCCCCCCN1CCC(CCOc2ccc(NC(=N)N)cc2)CC1. The van der Waals surface area contributed by atoms with Crippen molar-refractivity contribution >= 4 is 17.6 Å². The van der Waals surface area contributed by atoms with Crippen LogP contribution >= 0.6 is 0 Å². The van der Waals surface area contributed by atoms with Crippen LogP contribution in [0.3, 0.4) is 0 Å². The zero-order valence-corrected chi connectivity index (χ0v) is 17.4. The van der Waals surface area contributed by atoms with Gasteiger partial charge in [-0.05, 0) is 81.9 Å². The Hall–Kier alpha value is -2.48. The van der Waals surface area contributed by atoms with Gasteiger partial charge in [-0.1, -0.05) is 12.8 Å². The Labute approximate surface area is 174 Å². The third kappa shape index (κ3) is 10.0. The molecule has 2 rings (SSSR count). The van der Waals surface area contributed by atoms with Gasteiger partial charge in [-0.3, -0.25) is 10.8 Å². The summed E-state index contributed by atoms with van der Waals surface area (Å²) in [6.45, 7) is 5.15. The van der Waals surface area contributed by atoms with Crippen LogP contribution in [0.1, 0.15) is 44.9 Å². The monoisotopic (exact) mass is 403 g/mol. The fraction of sp³-hybridized carbons (Fsp3) is 0.619. The molecule has 0 spiro atoms. The standard InChI is InChI=1S/C21H37N7O/c22-20(23)26-12-3-1-2-4-13-28-14-9-17(10-15-28)11-16-29-19-7-5-18(6-8-19)27-21(24)25/h5-8,17H,1-4,9-16H2,(H4,22,23,26)(H4,24,25,27). The molecule has 8 nitrogen and oxygen atoms in total. The van der Waals surface area contributed by atoms with E-state index in [0.29, 0.717) is 0 Å². The second kappa shape index (κ2) is 12.9. The molecule has 1 aromatic rings. The molecule has 0 unspecified atom stereocenters. The number of nitrogens with zero attached hydrogens (tertiary/aromatic N) is 1. The molecule has 0 aromatic heterocycles. The van der Waals surface area contributed by atoms with E-state index in [-0.39, 0.29) is 11.9 Å². The van der Waals surface area contributed by atoms with Crippen LogP contribution in [-0.2, 0) is 0 Å². The summed E-state index contributed by atoms with van der Waals surface area (Å²) in [5, 5.41) is 20.0. The Morgan fingerprint density at radius 1 is 1.00 bits per heavy atom. The highest BCUT2D eigenvalue weighted by Gasteiger charge is 2.18. The van der Waals surface area contributed by atoms with Crippen LogP contribution in [0, 0.1) is 16.7 Å². The molecule has 1 aromatic carbocycles. The number of likely N-dealkylation sites (tertiary alicyclic amines) is 1. The summed E-state index contributed by atoms with van der Waals surface area (Å²) in [6, 6.07) is 7.55. The topological polar surface area (TPSA) is 136 Å². The van der Waals surface area contributed by atoms with Crippen LogP contribution in [0.15, 0.2) is 24.3 Å². The summed E-state index contributed by atoms with van der Waals surface area (Å²) in [7, 11) is 0. The molecule has 1 aliphatic rings. The highest BCUT2D eigenvalue weighted by molar-refractivity contribution is 5.89. The molecule has 8 heteroatoms. The van der Waals surface area contributed by atoms with Crippen LogP contribution in [0.5, 0.6) is 5.75 Å². The minimum absolute atomic E-state index is 0.0630. The van der Waals surface area contributed by atoms with Crippen molar-refractivity contribution in [2.24, 2.45) is 17.4 Å². The molecule has 0 radical (unpaired) electrons. The fourth-order valence-corrected chi connectivity index (χ4v) is 3.67. The first-order valence-corrected chi connectivity index (χ1v) is 10.7. The third-order valence-electron chi connectivity index (χ3n) is 5.35. The fourth-order valence-electron chi connectivity index (χ4n) is 3.67. The maximum atomic E-state index is 7.23. The molecule has 0 atom stereocenters. The first-order chi connectivity index (χ1) is 14.0. The van der Waals surface area contributed by atoms with Gasteiger partial charge in [0.2, 0.25) is 0 Å². The average molecular weight is 404 g/mol. The lowest BCUT2D eigenvalue weighted by atomic mass is 9.94. The largest absolute Gasteiger partial charge is 0.494 e. The van der Waals surface area contributed by atoms with E-state index in [4.69, 9.17) is 27.0 Å². The zero-order valence-electron chi connectivity index (χ0n) is 17.4. The highest BCUT2D eigenvalue weighted by atomic mass is 16.5. The van der Waals surface area contributed by atoms with E-state index in [1.807, 2.05) is 24.3 Å². The van der Waals surface area contributed by atoms with E-state index < -0.39 is 0 Å². The number of piperidine rings is 1. The van der Waals surface area contributed by atoms with Crippen molar-refractivity contribution < 1.29 is 4.74 Å². The Bertz CT molecular complexity index is 612. The van der Waals surface area contributed by atoms with E-state index in [2.05, 4.69) is 15.5 Å². The summed E-state index contributed by atoms with van der Waals surface area (Å²) in [4.78, 5) is 2.59. The number of benzene rings is 1. The lowest BCUT2D eigenvalue weighted by Crippen LogP contribution is -2.34. The summed E-state index contributed by atoms with van der Waals surface area (Å²) in [5.41, 5.74) is 11.4. The molecular weight excluding hydrogens is 366 g/mol. The predicted molar refractivity (Wildman–Crippen MR) is 120 cm³/mol. The molecule has 0 saturated carbocycles. The van der Waals surface area contributed by atoms with E-state index in [9.17, 15) is 0 Å². The van der Waals surface area contributed by atoms with Crippen LogP contribution in [-0.4, -0.2) is 49.6 Å². The second-order valence-corrected chi connectivity index (χ2v) is 7.74. The number of anilines is 1. The molecule has 0 aliphatic carbocycles. The smallest absolute Gasteiger partial charge is 0.190 e. The lowest BCUT2D eigenvalue weighted by molar-refractivity contribution is 0.161. The molecule has 1 saturated heterocycles. The van der Waals surface area contributed by atoms with E-state index in [0.717, 1.165) is 43.3 Å². The Morgan fingerprint density at radius 2 is 1.69 bits per heavy atom. The maximum absolute atomic E-state index is 7.23. The Morgan fingerprint density at radius 3 is 2.34 bits per heavy atom. The van der Waals surface area contributed by atoms with Crippen molar-refractivity contribution in [1.29, 1.82) is 10.8 Å². The molecular formula is C21H37N7O. The van der Waals surface area contributed by atoms with Gasteiger partial charge in [0.1, 0.15) is 5.75 Å². The molecule has 8 N–H and O–H groups in total. The summed E-state index contributed by atoms with van der Waals surface area (Å²) in [6.07, 6.45) is 8.39. The van der Waals surface area contributed by atoms with Crippen molar-refractivity contribution in [3.05, 3.63) is 24.3 Å². The number of nitrogens with two attached hydrogens (primary N) is 2. The summed E-state index contributed by atoms with van der Waals surface area (Å²) in [5.74, 6) is 1.61. The van der Waals surface area contributed by atoms with E-state index >= 15 is 0 Å². The van der Waals surface area contributed by atoms with E-state index in [1.54, 1.807) is 0 Å². The Balaban J connectivity index is 1.49. The van der Waals surface area contributed by atoms with Crippen molar-refractivity contribution in [1.82, 2.24) is 10.2 Å². The number of guanidine groups is 2. The molecule has 29 heavy (non-hydrogen) atoms. The van der Waals surface area contributed by atoms with Crippen molar-refractivity contribution in [3.8, 4) is 5.75 Å². The first kappa shape index (κ1) is 22.8.